The average Bonchev–Trinajstić information content (AvgIpc) is 2.81. The van der Waals surface area contributed by atoms with Crippen molar-refractivity contribution in [3.05, 3.63) is 51.6 Å². The number of hydrogen-bond donors (Lipinski definition) is 2. The summed E-state index contributed by atoms with van der Waals surface area (Å²) in [4.78, 5) is 0.793. The topological polar surface area (TPSA) is 72.2 Å². The van der Waals surface area contributed by atoms with Crippen molar-refractivity contribution in [2.45, 2.75) is 17.3 Å². The number of benzene rings is 1. The maximum Gasteiger partial charge on any atom is 0.247 e. The molecule has 8 heteroatoms. The van der Waals surface area contributed by atoms with Crippen molar-refractivity contribution >= 4 is 33.0 Å². The molecule has 2 rings (SSSR count). The number of nitrogens with two attached hydrogens (primary N) is 1. The summed E-state index contributed by atoms with van der Waals surface area (Å²) in [6, 6.07) is 7.62. The van der Waals surface area contributed by atoms with E-state index in [0.29, 0.717) is 17.1 Å². The molecule has 0 bridgehead atoms. The van der Waals surface area contributed by atoms with Crippen LogP contribution in [0.5, 0.6) is 0 Å². The number of rotatable bonds is 5. The van der Waals surface area contributed by atoms with Gasteiger partial charge in [-0.05, 0) is 24.3 Å². The molecular formula is C12H12ClFN2O2S2. The van der Waals surface area contributed by atoms with E-state index < -0.39 is 10.0 Å². The second-order valence-corrected chi connectivity index (χ2v) is 7.43. The number of primary sulfonamides is 1. The van der Waals surface area contributed by atoms with Crippen LogP contribution in [0.15, 0.2) is 34.5 Å². The molecule has 4 nitrogen and oxygen atoms in total. The van der Waals surface area contributed by atoms with Gasteiger partial charge >= 0.3 is 0 Å². The first kappa shape index (κ1) is 15.4. The van der Waals surface area contributed by atoms with Crippen LogP contribution in [-0.2, 0) is 23.1 Å². The average molecular weight is 335 g/mol. The van der Waals surface area contributed by atoms with Crippen molar-refractivity contribution in [1.82, 2.24) is 5.32 Å². The molecule has 0 aliphatic heterocycles. The van der Waals surface area contributed by atoms with Gasteiger partial charge in [0.15, 0.2) is 0 Å². The molecule has 0 radical (unpaired) electrons. The minimum Gasteiger partial charge on any atom is -0.308 e. The van der Waals surface area contributed by atoms with Crippen LogP contribution in [-0.4, -0.2) is 8.42 Å². The molecule has 3 N–H and O–H groups in total. The molecule has 2 aromatic rings. The number of sulfonamides is 1. The van der Waals surface area contributed by atoms with E-state index in [0.717, 1.165) is 16.2 Å². The lowest BCUT2D eigenvalue weighted by Crippen LogP contribution is -2.13. The maximum absolute atomic E-state index is 13.5. The summed E-state index contributed by atoms with van der Waals surface area (Å²) in [5.41, 5.74) is 0.386. The zero-order valence-electron chi connectivity index (χ0n) is 10.3. The van der Waals surface area contributed by atoms with Gasteiger partial charge in [0.05, 0.1) is 0 Å². The van der Waals surface area contributed by atoms with Crippen molar-refractivity contribution in [1.29, 1.82) is 0 Å². The van der Waals surface area contributed by atoms with E-state index in [-0.39, 0.29) is 16.6 Å². The van der Waals surface area contributed by atoms with Gasteiger partial charge in [0.1, 0.15) is 10.0 Å². The van der Waals surface area contributed by atoms with Crippen LogP contribution in [0, 0.1) is 5.82 Å². The lowest BCUT2D eigenvalue weighted by Gasteiger charge is -2.06. The van der Waals surface area contributed by atoms with Crippen LogP contribution in [0.2, 0.25) is 5.02 Å². The molecule has 0 fully saturated rings. The molecule has 20 heavy (non-hydrogen) atoms. The lowest BCUT2D eigenvalue weighted by atomic mass is 10.2. The highest BCUT2D eigenvalue weighted by atomic mass is 35.5. The number of halogens is 2. The minimum absolute atomic E-state index is 0.109. The summed E-state index contributed by atoms with van der Waals surface area (Å²) in [6.07, 6.45) is 0. The molecule has 108 valence electrons. The van der Waals surface area contributed by atoms with E-state index in [1.54, 1.807) is 18.2 Å². The Hall–Kier alpha value is -0.990. The van der Waals surface area contributed by atoms with Crippen LogP contribution in [0.25, 0.3) is 0 Å². The summed E-state index contributed by atoms with van der Waals surface area (Å²) in [5, 5.41) is 8.39. The Morgan fingerprint density at radius 3 is 2.60 bits per heavy atom. The van der Waals surface area contributed by atoms with Crippen LogP contribution in [0.3, 0.4) is 0 Å². The Labute approximate surface area is 125 Å². The first-order valence-corrected chi connectivity index (χ1v) is 8.37. The normalized spacial score (nSPS) is 11.8. The van der Waals surface area contributed by atoms with Gasteiger partial charge in [-0.15, -0.1) is 11.3 Å². The first-order valence-electron chi connectivity index (χ1n) is 5.63. The quantitative estimate of drug-likeness (QED) is 0.882. The van der Waals surface area contributed by atoms with Crippen molar-refractivity contribution < 1.29 is 12.8 Å². The van der Waals surface area contributed by atoms with Gasteiger partial charge in [0.25, 0.3) is 0 Å². The summed E-state index contributed by atoms with van der Waals surface area (Å²) in [5.74, 6) is -0.374. The highest BCUT2D eigenvalue weighted by molar-refractivity contribution is 7.91. The lowest BCUT2D eigenvalue weighted by molar-refractivity contribution is 0.589. The van der Waals surface area contributed by atoms with Crippen molar-refractivity contribution in [2.24, 2.45) is 5.14 Å². The Balaban J connectivity index is 1.98. The van der Waals surface area contributed by atoms with Crippen molar-refractivity contribution in [2.75, 3.05) is 0 Å². The second kappa shape index (κ2) is 6.19. The fraction of sp³-hybridized carbons (Fsp3) is 0.167. The summed E-state index contributed by atoms with van der Waals surface area (Å²) < 4.78 is 35.9. The van der Waals surface area contributed by atoms with Gasteiger partial charge in [-0.3, -0.25) is 0 Å². The zero-order valence-corrected chi connectivity index (χ0v) is 12.7. The largest absolute Gasteiger partial charge is 0.308 e. The van der Waals surface area contributed by atoms with Crippen LogP contribution < -0.4 is 10.5 Å². The molecule has 1 aromatic heterocycles. The molecular weight excluding hydrogens is 323 g/mol. The maximum atomic E-state index is 13.5. The van der Waals surface area contributed by atoms with Gasteiger partial charge in [-0.1, -0.05) is 17.7 Å². The van der Waals surface area contributed by atoms with Gasteiger partial charge < -0.3 is 5.32 Å². The fourth-order valence-electron chi connectivity index (χ4n) is 1.62. The minimum atomic E-state index is -3.66. The molecule has 0 atom stereocenters. The predicted molar refractivity (Wildman–Crippen MR) is 77.6 cm³/mol. The third kappa shape index (κ3) is 3.77. The van der Waals surface area contributed by atoms with E-state index >= 15 is 0 Å². The molecule has 0 saturated carbocycles. The SMILES string of the molecule is NS(=O)(=O)c1ccc(CNCc2c(F)cccc2Cl)s1. The molecule has 0 saturated heterocycles. The van der Waals surface area contributed by atoms with E-state index in [1.807, 2.05) is 0 Å². The molecule has 0 aliphatic rings. The van der Waals surface area contributed by atoms with E-state index in [9.17, 15) is 12.8 Å². The first-order chi connectivity index (χ1) is 9.38. The molecule has 0 unspecified atom stereocenters. The van der Waals surface area contributed by atoms with Crippen LogP contribution in [0.1, 0.15) is 10.4 Å². The van der Waals surface area contributed by atoms with Gasteiger partial charge in [0.2, 0.25) is 10.0 Å². The van der Waals surface area contributed by atoms with E-state index in [4.69, 9.17) is 16.7 Å². The van der Waals surface area contributed by atoms with Crippen molar-refractivity contribution in [3.8, 4) is 0 Å². The van der Waals surface area contributed by atoms with Gasteiger partial charge in [-0.25, -0.2) is 17.9 Å². The molecule has 1 aromatic carbocycles. The third-order valence-corrected chi connectivity index (χ3v) is 5.46. The van der Waals surface area contributed by atoms with E-state index in [1.165, 1.54) is 12.1 Å². The summed E-state index contributed by atoms with van der Waals surface area (Å²) >= 11 is 6.98. The second-order valence-electron chi connectivity index (χ2n) is 4.07. The predicted octanol–water partition coefficient (Wildman–Crippen LogP) is 2.48. The van der Waals surface area contributed by atoms with Gasteiger partial charge in [-0.2, -0.15) is 0 Å². The highest BCUT2D eigenvalue weighted by Gasteiger charge is 2.11. The molecule has 0 amide bonds. The third-order valence-electron chi connectivity index (χ3n) is 2.58. The van der Waals surface area contributed by atoms with E-state index in [2.05, 4.69) is 5.32 Å². The standard InChI is InChI=1S/C12H12ClFN2O2S2/c13-10-2-1-3-11(14)9(10)7-16-6-8-4-5-12(19-8)20(15,17)18/h1-5,16H,6-7H2,(H2,15,17,18). The Morgan fingerprint density at radius 2 is 2.00 bits per heavy atom. The molecule has 0 aliphatic carbocycles. The molecule has 0 spiro atoms. The monoisotopic (exact) mass is 334 g/mol. The Kier molecular flexibility index (Phi) is 4.77. The number of thiophene rings is 1. The zero-order chi connectivity index (χ0) is 14.8. The highest BCUT2D eigenvalue weighted by Crippen LogP contribution is 2.21. The van der Waals surface area contributed by atoms with Crippen LogP contribution >= 0.6 is 22.9 Å². The fourth-order valence-corrected chi connectivity index (χ4v) is 3.60. The van der Waals surface area contributed by atoms with Gasteiger partial charge in [0, 0.05) is 28.6 Å². The Morgan fingerprint density at radius 1 is 1.25 bits per heavy atom. The van der Waals surface area contributed by atoms with Crippen LogP contribution in [0.4, 0.5) is 4.39 Å². The van der Waals surface area contributed by atoms with Crippen molar-refractivity contribution in [3.63, 3.8) is 0 Å². The summed E-state index contributed by atoms with van der Waals surface area (Å²) in [7, 11) is -3.66. The summed E-state index contributed by atoms with van der Waals surface area (Å²) in [6.45, 7) is 0.666. The Bertz CT molecular complexity index is 696. The number of nitrogens with one attached hydrogen (secondary N) is 1. The smallest absolute Gasteiger partial charge is 0.247 e. The molecule has 1 heterocycles. The number of hydrogen-bond acceptors (Lipinski definition) is 4.